The molecule has 0 saturated heterocycles. The number of benzene rings is 5. The molecule has 4 aromatic heterocycles. The quantitative estimate of drug-likeness (QED) is 0.186. The average Bonchev–Trinajstić information content (AvgIpc) is 3.74. The van der Waals surface area contributed by atoms with Crippen LogP contribution in [0, 0.1) is 0 Å². The van der Waals surface area contributed by atoms with Crippen molar-refractivity contribution in [2.75, 3.05) is 4.90 Å². The lowest BCUT2D eigenvalue weighted by atomic mass is 10.0. The highest BCUT2D eigenvalue weighted by molar-refractivity contribution is 7.26. The van der Waals surface area contributed by atoms with Gasteiger partial charge >= 0.3 is 0 Å². The highest BCUT2D eigenvalue weighted by Crippen LogP contribution is 2.42. The number of anilines is 3. The maximum absolute atomic E-state index is 6.22. The standard InChI is InChI=1S/C44H29N3OS/c1-3-15-40-33(10-1)37-26-32(22-24-41(37)48-40)47(39-14-5-8-29-9-7-25-45-43(29)39)31-20-17-28(18-21-31)30-19-23-38(46-27-30)36-13-6-12-35-34-11-2-4-16-42(34)49-44(35)36/h2-9,11-27H,1,10H2. The highest BCUT2D eigenvalue weighted by Gasteiger charge is 2.20. The van der Waals surface area contributed by atoms with Crippen molar-refractivity contribution in [3.63, 3.8) is 0 Å². The van der Waals surface area contributed by atoms with Gasteiger partial charge in [-0.25, -0.2) is 0 Å². The Bertz CT molecular complexity index is 2710. The SMILES string of the molecule is C1=Cc2oc3ccc(N(c4ccc(-c5ccc(-c6cccc7c6sc6ccccc67)nc5)cc4)c4cccc5cccnc45)cc3c2CC1. The number of fused-ring (bicyclic) bond motifs is 7. The molecule has 0 aliphatic heterocycles. The first-order valence-electron chi connectivity index (χ1n) is 16.6. The molecule has 10 rings (SSSR count). The van der Waals surface area contributed by atoms with Gasteiger partial charge in [-0.05, 0) is 79.1 Å². The van der Waals surface area contributed by atoms with E-state index in [1.165, 1.54) is 36.7 Å². The van der Waals surface area contributed by atoms with Crippen molar-refractivity contribution < 1.29 is 4.42 Å². The van der Waals surface area contributed by atoms with Crippen LogP contribution in [0.5, 0.6) is 0 Å². The summed E-state index contributed by atoms with van der Waals surface area (Å²) in [4.78, 5) is 12.1. The number of nitrogens with zero attached hydrogens (tertiary/aromatic N) is 3. The number of aromatic nitrogens is 2. The van der Waals surface area contributed by atoms with E-state index in [2.05, 4.69) is 138 Å². The lowest BCUT2D eigenvalue weighted by Gasteiger charge is -2.26. The Morgan fingerprint density at radius 3 is 2.43 bits per heavy atom. The molecule has 0 bridgehead atoms. The Morgan fingerprint density at radius 2 is 1.51 bits per heavy atom. The van der Waals surface area contributed by atoms with Crippen LogP contribution in [0.4, 0.5) is 17.1 Å². The minimum absolute atomic E-state index is 0.922. The van der Waals surface area contributed by atoms with Crippen LogP contribution < -0.4 is 4.90 Å². The van der Waals surface area contributed by atoms with Crippen LogP contribution in [0.2, 0.25) is 0 Å². The van der Waals surface area contributed by atoms with Crippen molar-refractivity contribution in [2.45, 2.75) is 12.8 Å². The van der Waals surface area contributed by atoms with E-state index >= 15 is 0 Å². The normalized spacial score (nSPS) is 12.7. The van der Waals surface area contributed by atoms with Gasteiger partial charge in [0.15, 0.2) is 0 Å². The van der Waals surface area contributed by atoms with Crippen LogP contribution in [-0.2, 0) is 6.42 Å². The molecular formula is C44H29N3OS. The van der Waals surface area contributed by atoms with Gasteiger partial charge in [-0.1, -0.05) is 78.9 Å². The molecular weight excluding hydrogens is 619 g/mol. The van der Waals surface area contributed by atoms with Crippen molar-refractivity contribution in [2.24, 2.45) is 0 Å². The molecule has 232 valence electrons. The van der Waals surface area contributed by atoms with E-state index < -0.39 is 0 Å². The molecule has 0 saturated carbocycles. The summed E-state index contributed by atoms with van der Waals surface area (Å²) in [5, 5.41) is 4.86. The number of furan rings is 1. The molecule has 0 fully saturated rings. The fraction of sp³-hybridized carbons (Fsp3) is 0.0455. The Balaban J connectivity index is 1.04. The number of hydrogen-bond donors (Lipinski definition) is 0. The molecule has 0 unspecified atom stereocenters. The van der Waals surface area contributed by atoms with Gasteiger partial charge in [0.25, 0.3) is 0 Å². The number of hydrogen-bond acceptors (Lipinski definition) is 5. The summed E-state index contributed by atoms with van der Waals surface area (Å²) < 4.78 is 8.80. The molecule has 5 heteroatoms. The van der Waals surface area contributed by atoms with Gasteiger partial charge in [-0.2, -0.15) is 0 Å². The third kappa shape index (κ3) is 4.66. The molecule has 0 atom stereocenters. The van der Waals surface area contributed by atoms with E-state index in [1.807, 2.05) is 29.8 Å². The topological polar surface area (TPSA) is 42.2 Å². The molecule has 1 aliphatic rings. The summed E-state index contributed by atoms with van der Waals surface area (Å²) in [6.07, 6.45) is 10.2. The fourth-order valence-corrected chi connectivity index (χ4v) is 8.50. The molecule has 0 amide bonds. The van der Waals surface area contributed by atoms with Crippen molar-refractivity contribution >= 4 is 76.5 Å². The summed E-state index contributed by atoms with van der Waals surface area (Å²) in [6, 6.07) is 45.2. The maximum Gasteiger partial charge on any atom is 0.135 e. The van der Waals surface area contributed by atoms with Crippen LogP contribution in [0.3, 0.4) is 0 Å². The molecule has 4 heterocycles. The first-order valence-corrected chi connectivity index (χ1v) is 17.4. The second-order valence-electron chi connectivity index (χ2n) is 12.5. The van der Waals surface area contributed by atoms with Gasteiger partial charge in [0.1, 0.15) is 11.3 Å². The third-order valence-corrected chi connectivity index (χ3v) is 10.9. The summed E-state index contributed by atoms with van der Waals surface area (Å²) >= 11 is 1.84. The lowest BCUT2D eigenvalue weighted by Crippen LogP contribution is -2.11. The summed E-state index contributed by atoms with van der Waals surface area (Å²) in [5.41, 5.74) is 10.7. The van der Waals surface area contributed by atoms with E-state index in [0.29, 0.717) is 0 Å². The summed E-state index contributed by atoms with van der Waals surface area (Å²) in [7, 11) is 0. The number of rotatable bonds is 5. The number of aryl methyl sites for hydroxylation is 1. The van der Waals surface area contributed by atoms with Crippen molar-refractivity contribution in [1.29, 1.82) is 0 Å². The zero-order chi connectivity index (χ0) is 32.3. The number of para-hydroxylation sites is 1. The van der Waals surface area contributed by atoms with E-state index in [0.717, 1.165) is 69.0 Å². The Hall–Kier alpha value is -6.04. The first kappa shape index (κ1) is 28.0. The Labute approximate surface area is 287 Å². The van der Waals surface area contributed by atoms with E-state index in [4.69, 9.17) is 14.4 Å². The molecule has 0 spiro atoms. The van der Waals surface area contributed by atoms with E-state index in [9.17, 15) is 0 Å². The molecule has 4 nitrogen and oxygen atoms in total. The van der Waals surface area contributed by atoms with Gasteiger partial charge in [0.2, 0.25) is 0 Å². The van der Waals surface area contributed by atoms with E-state index in [1.54, 1.807) is 0 Å². The monoisotopic (exact) mass is 647 g/mol. The van der Waals surface area contributed by atoms with Gasteiger partial charge < -0.3 is 9.32 Å². The third-order valence-electron chi connectivity index (χ3n) is 9.65. The van der Waals surface area contributed by atoms with Crippen LogP contribution in [-0.4, -0.2) is 9.97 Å². The molecule has 1 aliphatic carbocycles. The van der Waals surface area contributed by atoms with Crippen molar-refractivity contribution in [3.05, 3.63) is 157 Å². The predicted molar refractivity (Wildman–Crippen MR) is 205 cm³/mol. The van der Waals surface area contributed by atoms with Gasteiger partial charge in [0.05, 0.1) is 16.9 Å². The van der Waals surface area contributed by atoms with E-state index in [-0.39, 0.29) is 0 Å². The van der Waals surface area contributed by atoms with Crippen LogP contribution in [0.25, 0.3) is 70.5 Å². The van der Waals surface area contributed by atoms with Crippen molar-refractivity contribution in [1.82, 2.24) is 9.97 Å². The molecule has 0 radical (unpaired) electrons. The van der Waals surface area contributed by atoms with Crippen LogP contribution in [0.15, 0.2) is 150 Å². The Kier molecular flexibility index (Phi) is 6.46. The number of pyridine rings is 2. The average molecular weight is 648 g/mol. The van der Waals surface area contributed by atoms with Gasteiger partial charge in [0, 0.05) is 71.4 Å². The zero-order valence-corrected chi connectivity index (χ0v) is 27.3. The molecule has 0 N–H and O–H groups in total. The minimum atomic E-state index is 0.922. The largest absolute Gasteiger partial charge is 0.456 e. The summed E-state index contributed by atoms with van der Waals surface area (Å²) in [5.74, 6) is 0.973. The Morgan fingerprint density at radius 1 is 0.673 bits per heavy atom. The molecule has 5 aromatic carbocycles. The minimum Gasteiger partial charge on any atom is -0.456 e. The van der Waals surface area contributed by atoms with Gasteiger partial charge in [-0.15, -0.1) is 11.3 Å². The maximum atomic E-state index is 6.22. The number of allylic oxidation sites excluding steroid dienone is 1. The lowest BCUT2D eigenvalue weighted by molar-refractivity contribution is 0.595. The second-order valence-corrected chi connectivity index (χ2v) is 13.6. The second kappa shape index (κ2) is 11.3. The zero-order valence-electron chi connectivity index (χ0n) is 26.5. The van der Waals surface area contributed by atoms with Crippen LogP contribution >= 0.6 is 11.3 Å². The van der Waals surface area contributed by atoms with Crippen molar-refractivity contribution in [3.8, 4) is 22.4 Å². The molecule has 49 heavy (non-hydrogen) atoms. The first-order chi connectivity index (χ1) is 24.3. The number of thiophene rings is 1. The molecule has 9 aromatic rings. The fourth-order valence-electron chi connectivity index (χ4n) is 7.28. The van der Waals surface area contributed by atoms with Crippen LogP contribution in [0.1, 0.15) is 17.7 Å². The van der Waals surface area contributed by atoms with Gasteiger partial charge in [-0.3, -0.25) is 9.97 Å². The highest BCUT2D eigenvalue weighted by atomic mass is 32.1. The summed E-state index contributed by atoms with van der Waals surface area (Å²) in [6.45, 7) is 0. The predicted octanol–water partition coefficient (Wildman–Crippen LogP) is 12.5. The smallest absolute Gasteiger partial charge is 0.135 e.